The van der Waals surface area contributed by atoms with Crippen molar-refractivity contribution in [3.05, 3.63) is 12.2 Å². The number of nitrogens with one attached hydrogen (secondary N) is 1. The molecule has 0 aliphatic heterocycles. The van der Waals surface area contributed by atoms with Crippen molar-refractivity contribution in [2.24, 2.45) is 0 Å². The molecule has 0 aliphatic carbocycles. The maximum atomic E-state index is 11.4. The number of hydrogen-bond donors (Lipinski definition) is 11. The molecule has 0 fully saturated rings. The molecule has 0 amide bonds. The van der Waals surface area contributed by atoms with E-state index >= 15 is 0 Å². The van der Waals surface area contributed by atoms with Gasteiger partial charge in [0.05, 0.1) is 39.3 Å². The summed E-state index contributed by atoms with van der Waals surface area (Å²) in [7, 11) is -17.7. The minimum atomic E-state index is -5.33. The molecule has 0 bridgehead atoms. The van der Waals surface area contributed by atoms with Gasteiger partial charge in [-0.25, -0.2) is 4.79 Å². The average Bonchev–Trinajstić information content (AvgIpc) is 0.809. The second kappa shape index (κ2) is 80.6. The molecule has 0 aliphatic rings. The smallest absolute Gasteiger partial charge is 0.679 e. The number of unbranched alkanes of at least 4 members (excludes halogenated alkanes) is 30. The van der Waals surface area contributed by atoms with Gasteiger partial charge in [-0.2, -0.15) is 0 Å². The molecule has 0 spiro atoms. The van der Waals surface area contributed by atoms with Crippen LogP contribution in [0.25, 0.3) is 0 Å². The van der Waals surface area contributed by atoms with E-state index in [0.29, 0.717) is 50.2 Å². The minimum Gasteiger partial charge on any atom is -1.00 e. The summed E-state index contributed by atoms with van der Waals surface area (Å²) in [4.78, 5) is 91.3. The van der Waals surface area contributed by atoms with Crippen LogP contribution in [0, 0.1) is 12.0 Å². The van der Waals surface area contributed by atoms with Crippen LogP contribution in [0.3, 0.4) is 0 Å². The molecule has 33 heteroatoms. The van der Waals surface area contributed by atoms with E-state index in [1.54, 1.807) is 34.4 Å². The van der Waals surface area contributed by atoms with Gasteiger partial charge in [0.15, 0.2) is 6.23 Å². The normalized spacial score (nSPS) is 12.8. The number of nitrogens with zero attached hydrogens (tertiary/aromatic N) is 1. The van der Waals surface area contributed by atoms with Gasteiger partial charge < -0.3 is 131 Å². The Morgan fingerprint density at radius 3 is 1.07 bits per heavy atom. The molecule has 0 aromatic carbocycles. The molecule has 101 heavy (non-hydrogen) atoms. The molecule has 3 atom stereocenters. The van der Waals surface area contributed by atoms with E-state index in [-0.39, 0.29) is 61.8 Å². The van der Waals surface area contributed by atoms with Gasteiger partial charge in [-0.05, 0) is 74.1 Å². The van der Waals surface area contributed by atoms with Gasteiger partial charge in [0.1, 0.15) is 25.3 Å². The van der Waals surface area contributed by atoms with Crippen LogP contribution < -0.4 is 29.7 Å². The third-order valence-corrected chi connectivity index (χ3v) is 31.7. The van der Waals surface area contributed by atoms with Gasteiger partial charge in [0, 0.05) is 72.8 Å². The number of halogens is 3. The van der Waals surface area contributed by atoms with E-state index in [0.717, 1.165) is 56.1 Å². The van der Waals surface area contributed by atoms with Crippen molar-refractivity contribution in [2.45, 2.75) is 301 Å². The first-order valence-electron chi connectivity index (χ1n) is 37.4. The second-order valence-corrected chi connectivity index (χ2v) is 40.2. The summed E-state index contributed by atoms with van der Waals surface area (Å²) in [5.41, 5.74) is 0.00155. The van der Waals surface area contributed by atoms with Gasteiger partial charge in [0.2, 0.25) is 0 Å². The summed E-state index contributed by atoms with van der Waals surface area (Å²) >= 11 is 0. The van der Waals surface area contributed by atoms with E-state index < -0.39 is 65.2 Å². The molecular weight excluding hydrogens is 1470 g/mol. The molecule has 3 unspecified atom stereocenters. The lowest BCUT2D eigenvalue weighted by molar-refractivity contribution is -0.890. The topological polar surface area (TPSA) is 333 Å². The van der Waals surface area contributed by atoms with Crippen molar-refractivity contribution in [3.8, 4) is 12.0 Å². The molecule has 0 aromatic heterocycles. The van der Waals surface area contributed by atoms with Crippen molar-refractivity contribution < 1.29 is 136 Å². The highest BCUT2D eigenvalue weighted by Crippen LogP contribution is 2.22. The second-order valence-electron chi connectivity index (χ2n) is 24.9. The van der Waals surface area contributed by atoms with Gasteiger partial charge >= 0.3 is 59.0 Å². The predicted molar refractivity (Wildman–Crippen MR) is 411 cm³/mol. The SMILES string of the molecule is C=C(C)C(=O)OC[Si](O)(O)O[Si](O)(O)O[Si](O)(O)C[NH+](CC)CCCCCCCCCCCCCCCCCC.C=O.CC#CO.CCCCCCCCCCCCCCCCCC[N+](CC)(CCO)[Si](C)(O)CO.CCC[Si](OC)(OC)OC.CCO[Si](OCC)(OCC)OCC.Cl.[Cl-].[Cl-]. The van der Waals surface area contributed by atoms with E-state index in [2.05, 4.69) is 49.0 Å². The summed E-state index contributed by atoms with van der Waals surface area (Å²) in [5, 5.41) is 26.6. The number of hydrogen-bond acceptors (Lipinski definition) is 22. The first kappa shape index (κ1) is 119. The number of likely N-dealkylation sites (N-methyl/N-ethyl adjacent to an activating group) is 1. The molecule has 24 nitrogen and oxygen atoms in total. The Morgan fingerprint density at radius 1 is 0.505 bits per heavy atom. The first-order chi connectivity index (χ1) is 46.6. The Bertz CT molecular complexity index is 1770. The minimum absolute atomic E-state index is 0. The van der Waals surface area contributed by atoms with Crippen molar-refractivity contribution >= 4 is 78.2 Å². The fraction of sp³-hybridized carbons (Fsp3) is 0.912. The molecule has 11 N–H and O–H groups in total. The summed E-state index contributed by atoms with van der Waals surface area (Å²) < 4.78 is 51.5. The average molecular weight is 1630 g/mol. The third-order valence-electron chi connectivity index (χ3n) is 16.5. The van der Waals surface area contributed by atoms with E-state index in [1.807, 2.05) is 48.0 Å². The van der Waals surface area contributed by atoms with Crippen LogP contribution >= 0.6 is 12.4 Å². The molecule has 614 valence electrons. The van der Waals surface area contributed by atoms with Gasteiger partial charge in [-0.1, -0.05) is 219 Å². The van der Waals surface area contributed by atoms with Crippen molar-refractivity contribution in [2.75, 3.05) is 106 Å². The zero-order valence-corrected chi connectivity index (χ0v) is 74.5. The lowest BCUT2D eigenvalue weighted by Crippen LogP contribution is -3.14. The maximum Gasteiger partial charge on any atom is 0.679 e. The predicted octanol–water partition coefficient (Wildman–Crippen LogP) is 4.75. The zero-order chi connectivity index (χ0) is 76.0. The third kappa shape index (κ3) is 72.3. The number of ether oxygens (including phenoxy) is 1. The monoisotopic (exact) mass is 1620 g/mol. The number of aliphatic hydroxyl groups excluding tert-OH is 3. The van der Waals surface area contributed by atoms with Gasteiger partial charge in [-0.3, -0.25) is 0 Å². The van der Waals surface area contributed by atoms with E-state index in [4.69, 9.17) is 45.0 Å². The molecule has 0 radical (unpaired) electrons. The highest BCUT2D eigenvalue weighted by molar-refractivity contribution is 6.75. The van der Waals surface area contributed by atoms with Crippen molar-refractivity contribution in [1.29, 1.82) is 0 Å². The Labute approximate surface area is 641 Å². The molecular formula is C68H155Cl3N2O22Si6. The Balaban J connectivity index is -0.000000171. The van der Waals surface area contributed by atoms with Crippen molar-refractivity contribution in [1.82, 2.24) is 0 Å². The molecule has 0 rings (SSSR count). The van der Waals surface area contributed by atoms with Gasteiger partial charge in [-0.15, -0.1) is 12.4 Å². The fourth-order valence-corrected chi connectivity index (χ4v) is 22.5. The molecule has 0 saturated heterocycles. The fourth-order valence-electron chi connectivity index (χ4n) is 10.8. The maximum absolute atomic E-state index is 11.4. The van der Waals surface area contributed by atoms with Crippen LogP contribution in [-0.2, 0) is 53.5 Å². The Hall–Kier alpha value is -0.389. The quantitative estimate of drug-likeness (QED) is 0.0129. The number of quaternary nitrogens is 2. The number of aliphatic hydroxyl groups is 3. The number of rotatable bonds is 62. The largest absolute Gasteiger partial charge is 1.00 e. The van der Waals surface area contributed by atoms with E-state index in [9.17, 15) is 48.6 Å². The van der Waals surface area contributed by atoms with Crippen molar-refractivity contribution in [3.63, 3.8) is 0 Å². The van der Waals surface area contributed by atoms with Gasteiger partial charge in [0.25, 0.3) is 0 Å². The van der Waals surface area contributed by atoms with Crippen LogP contribution in [0.5, 0.6) is 0 Å². The summed E-state index contributed by atoms with van der Waals surface area (Å²) in [6.07, 6.45) is 43.4. The molecule has 0 heterocycles. The van der Waals surface area contributed by atoms with Crippen LogP contribution in [-0.4, -0.2) is 225 Å². The first-order valence-corrected chi connectivity index (χ1v) is 49.3. The number of carbonyl (C=O) groups is 2. The van der Waals surface area contributed by atoms with Crippen LogP contribution in [0.15, 0.2) is 12.2 Å². The standard InChI is InChI=1S/C26H57NO10Si3.C24H54NO3Si.C8H20O4Si.C6H16O3Si.C3H4O.CH2O.3ClH/c1-5-7-8-9-10-11-12-13-14-15-16-17-18-19-20-21-22-27(6-2)23-38(29,30)36-40(33,34)37-39(31,32)24-35-26(28)25(3)4;1-4-6-7-8-9-10-11-12-13-14-15-16-17-18-19-20-21-25(5-2,22-23-26)29(3,28)24-27;1-5-9-13(10-6-2,11-7-3)12-8-4;1-5-6-10(7-2,8-3)9-4;1-2-3-4;1-2;;;/h29-34H,3,5-24H2,1-2,4H3;26-28H,4-24H2,1-3H3;5-8H2,1-4H3;5-6H2,1-4H3;4H,1H3;1H2;3*1H/q;+1;;;;;;;/p-1. The highest BCUT2D eigenvalue weighted by atomic mass is 35.5. The lowest BCUT2D eigenvalue weighted by atomic mass is 10.0. The highest BCUT2D eigenvalue weighted by Gasteiger charge is 2.56. The Morgan fingerprint density at radius 2 is 0.822 bits per heavy atom. The summed E-state index contributed by atoms with van der Waals surface area (Å²) in [6.45, 7) is 34.0. The molecule has 0 saturated carbocycles. The summed E-state index contributed by atoms with van der Waals surface area (Å²) in [6, 6.07) is 0.885. The van der Waals surface area contributed by atoms with Crippen LogP contribution in [0.1, 0.15) is 288 Å². The van der Waals surface area contributed by atoms with Crippen LogP contribution in [0.2, 0.25) is 12.6 Å². The van der Waals surface area contributed by atoms with E-state index in [1.165, 1.54) is 187 Å². The lowest BCUT2D eigenvalue weighted by Gasteiger charge is -2.46. The van der Waals surface area contributed by atoms with Crippen LogP contribution in [0.4, 0.5) is 0 Å². The summed E-state index contributed by atoms with van der Waals surface area (Å²) in [5.74, 6) is 1.32. The number of esters is 1. The number of carbonyl (C=O) groups excluding carboxylic acids is 2. The molecule has 0 aromatic rings. The Kier molecular flexibility index (Phi) is 95.0. The zero-order valence-electron chi connectivity index (χ0n) is 66.1.